The van der Waals surface area contributed by atoms with Gasteiger partial charge in [-0.3, -0.25) is 0 Å². The molecule has 0 amide bonds. The minimum Gasteiger partial charge on any atom is -0.486 e. The highest BCUT2D eigenvalue weighted by atomic mass is 16.6. The molecule has 3 heteroatoms. The molecule has 1 heterocycles. The highest BCUT2D eigenvalue weighted by Gasteiger charge is 2.11. The number of nitrogens with one attached hydrogen (secondary N) is 1. The normalized spacial score (nSPS) is 13.2. The highest BCUT2D eigenvalue weighted by molar-refractivity contribution is 5.43. The fourth-order valence-corrected chi connectivity index (χ4v) is 2.25. The molecule has 3 nitrogen and oxygen atoms in total. The third kappa shape index (κ3) is 3.11. The van der Waals surface area contributed by atoms with Gasteiger partial charge in [-0.1, -0.05) is 35.9 Å². The van der Waals surface area contributed by atoms with Gasteiger partial charge in [-0.05, 0) is 30.2 Å². The van der Waals surface area contributed by atoms with Crippen molar-refractivity contribution in [2.45, 2.75) is 20.0 Å². The molecule has 2 aromatic carbocycles. The van der Waals surface area contributed by atoms with Crippen molar-refractivity contribution in [3.05, 3.63) is 59.2 Å². The van der Waals surface area contributed by atoms with Crippen molar-refractivity contribution in [2.75, 3.05) is 13.2 Å². The summed E-state index contributed by atoms with van der Waals surface area (Å²) in [5.41, 5.74) is 3.80. The molecule has 0 aliphatic carbocycles. The first kappa shape index (κ1) is 13.0. The third-order valence-corrected chi connectivity index (χ3v) is 3.39. The van der Waals surface area contributed by atoms with Gasteiger partial charge in [0.2, 0.25) is 0 Å². The number of hydrogen-bond donors (Lipinski definition) is 1. The van der Waals surface area contributed by atoms with Crippen LogP contribution in [0.1, 0.15) is 16.7 Å². The Morgan fingerprint density at radius 1 is 0.850 bits per heavy atom. The van der Waals surface area contributed by atoms with Crippen molar-refractivity contribution < 1.29 is 9.47 Å². The van der Waals surface area contributed by atoms with Crippen LogP contribution in [0.5, 0.6) is 11.5 Å². The molecule has 1 aliphatic heterocycles. The molecule has 104 valence electrons. The smallest absolute Gasteiger partial charge is 0.161 e. The molecule has 0 bridgehead atoms. The molecule has 0 saturated carbocycles. The van der Waals surface area contributed by atoms with Crippen LogP contribution >= 0.6 is 0 Å². The van der Waals surface area contributed by atoms with Crippen LogP contribution < -0.4 is 14.8 Å². The molecule has 2 aromatic rings. The van der Waals surface area contributed by atoms with Crippen LogP contribution in [0.25, 0.3) is 0 Å². The first-order valence-corrected chi connectivity index (χ1v) is 6.96. The van der Waals surface area contributed by atoms with Crippen LogP contribution in [0.15, 0.2) is 42.5 Å². The molecule has 0 unspecified atom stereocenters. The molecule has 0 fully saturated rings. The fourth-order valence-electron chi connectivity index (χ4n) is 2.25. The molecule has 0 radical (unpaired) electrons. The van der Waals surface area contributed by atoms with E-state index in [0.717, 1.165) is 24.6 Å². The zero-order valence-electron chi connectivity index (χ0n) is 11.7. The van der Waals surface area contributed by atoms with Crippen molar-refractivity contribution in [2.24, 2.45) is 0 Å². The van der Waals surface area contributed by atoms with E-state index in [0.29, 0.717) is 13.2 Å². The monoisotopic (exact) mass is 269 g/mol. The summed E-state index contributed by atoms with van der Waals surface area (Å²) in [4.78, 5) is 0. The summed E-state index contributed by atoms with van der Waals surface area (Å²) in [5, 5.41) is 3.45. The molecule has 0 saturated heterocycles. The lowest BCUT2D eigenvalue weighted by Crippen LogP contribution is -2.16. The van der Waals surface area contributed by atoms with Crippen molar-refractivity contribution in [1.29, 1.82) is 0 Å². The molecular formula is C17H19NO2. The minimum atomic E-state index is 0.632. The Labute approximate surface area is 119 Å². The zero-order valence-corrected chi connectivity index (χ0v) is 11.7. The molecule has 0 spiro atoms. The second-order valence-electron chi connectivity index (χ2n) is 5.07. The van der Waals surface area contributed by atoms with E-state index in [2.05, 4.69) is 48.6 Å². The summed E-state index contributed by atoms with van der Waals surface area (Å²) < 4.78 is 11.1. The molecular weight excluding hydrogens is 250 g/mol. The van der Waals surface area contributed by atoms with E-state index in [1.807, 2.05) is 6.07 Å². The maximum absolute atomic E-state index is 5.59. The molecule has 0 aromatic heterocycles. The Balaban J connectivity index is 1.57. The lowest BCUT2D eigenvalue weighted by atomic mass is 10.1. The van der Waals surface area contributed by atoms with Gasteiger partial charge in [0.15, 0.2) is 11.5 Å². The highest BCUT2D eigenvalue weighted by Crippen LogP contribution is 2.30. The Hall–Kier alpha value is -2.00. The Morgan fingerprint density at radius 2 is 1.50 bits per heavy atom. The lowest BCUT2D eigenvalue weighted by molar-refractivity contribution is 0.171. The Morgan fingerprint density at radius 3 is 2.30 bits per heavy atom. The zero-order chi connectivity index (χ0) is 13.8. The van der Waals surface area contributed by atoms with E-state index in [9.17, 15) is 0 Å². The number of ether oxygens (including phenoxy) is 2. The fraction of sp³-hybridized carbons (Fsp3) is 0.294. The van der Waals surface area contributed by atoms with Crippen molar-refractivity contribution in [3.8, 4) is 11.5 Å². The van der Waals surface area contributed by atoms with Gasteiger partial charge >= 0.3 is 0 Å². The average Bonchev–Trinajstić information content (AvgIpc) is 2.49. The van der Waals surface area contributed by atoms with Gasteiger partial charge in [0.1, 0.15) is 13.2 Å². The largest absolute Gasteiger partial charge is 0.486 e. The van der Waals surface area contributed by atoms with Crippen LogP contribution in [0, 0.1) is 6.92 Å². The second-order valence-corrected chi connectivity index (χ2v) is 5.07. The first-order valence-electron chi connectivity index (χ1n) is 6.96. The summed E-state index contributed by atoms with van der Waals surface area (Å²) in [7, 11) is 0. The van der Waals surface area contributed by atoms with Gasteiger partial charge in [-0.25, -0.2) is 0 Å². The van der Waals surface area contributed by atoms with Crippen LogP contribution in [0.2, 0.25) is 0 Å². The van der Waals surface area contributed by atoms with Crippen LogP contribution in [-0.2, 0) is 13.1 Å². The second kappa shape index (κ2) is 5.97. The summed E-state index contributed by atoms with van der Waals surface area (Å²) in [6.45, 7) is 5.07. The molecule has 0 atom stereocenters. The van der Waals surface area contributed by atoms with E-state index < -0.39 is 0 Å². The topological polar surface area (TPSA) is 30.5 Å². The first-order chi connectivity index (χ1) is 9.81. The van der Waals surface area contributed by atoms with E-state index in [4.69, 9.17) is 9.47 Å². The minimum absolute atomic E-state index is 0.632. The van der Waals surface area contributed by atoms with Gasteiger partial charge in [-0.2, -0.15) is 0 Å². The maximum Gasteiger partial charge on any atom is 0.161 e. The van der Waals surface area contributed by atoms with E-state index in [1.165, 1.54) is 16.7 Å². The lowest BCUT2D eigenvalue weighted by Gasteiger charge is -2.19. The number of benzene rings is 2. The summed E-state index contributed by atoms with van der Waals surface area (Å²) in [6, 6.07) is 14.7. The van der Waals surface area contributed by atoms with Crippen molar-refractivity contribution in [1.82, 2.24) is 5.32 Å². The van der Waals surface area contributed by atoms with Crippen LogP contribution in [0.4, 0.5) is 0 Å². The van der Waals surface area contributed by atoms with Gasteiger partial charge in [0.05, 0.1) is 0 Å². The van der Waals surface area contributed by atoms with Crippen LogP contribution in [0.3, 0.4) is 0 Å². The summed E-state index contributed by atoms with van der Waals surface area (Å²) >= 11 is 0. The van der Waals surface area contributed by atoms with Crippen molar-refractivity contribution in [3.63, 3.8) is 0 Å². The predicted molar refractivity (Wildman–Crippen MR) is 79.2 cm³/mol. The standard InChI is InChI=1S/C17H19NO2/c1-13-2-4-14(5-3-13)11-18-12-15-6-7-16-17(10-15)20-9-8-19-16/h2-7,10,18H,8-9,11-12H2,1H3. The molecule has 1 aliphatic rings. The van der Waals surface area contributed by atoms with Gasteiger partial charge < -0.3 is 14.8 Å². The van der Waals surface area contributed by atoms with Gasteiger partial charge in [0.25, 0.3) is 0 Å². The third-order valence-electron chi connectivity index (χ3n) is 3.39. The maximum atomic E-state index is 5.59. The Kier molecular flexibility index (Phi) is 3.88. The van der Waals surface area contributed by atoms with Gasteiger partial charge in [0, 0.05) is 13.1 Å². The SMILES string of the molecule is Cc1ccc(CNCc2ccc3c(c2)OCCO3)cc1. The Bertz CT molecular complexity index is 578. The molecule has 1 N–H and O–H groups in total. The van der Waals surface area contributed by atoms with E-state index in [1.54, 1.807) is 0 Å². The number of fused-ring (bicyclic) bond motifs is 1. The quantitative estimate of drug-likeness (QED) is 0.925. The predicted octanol–water partition coefficient (Wildman–Crippen LogP) is 3.06. The number of rotatable bonds is 4. The van der Waals surface area contributed by atoms with Gasteiger partial charge in [-0.15, -0.1) is 0 Å². The number of aryl methyl sites for hydroxylation is 1. The molecule has 20 heavy (non-hydrogen) atoms. The average molecular weight is 269 g/mol. The van der Waals surface area contributed by atoms with E-state index in [-0.39, 0.29) is 0 Å². The molecule has 3 rings (SSSR count). The summed E-state index contributed by atoms with van der Waals surface area (Å²) in [6.07, 6.45) is 0. The summed E-state index contributed by atoms with van der Waals surface area (Å²) in [5.74, 6) is 1.70. The van der Waals surface area contributed by atoms with E-state index >= 15 is 0 Å². The van der Waals surface area contributed by atoms with Crippen LogP contribution in [-0.4, -0.2) is 13.2 Å². The van der Waals surface area contributed by atoms with Crippen molar-refractivity contribution >= 4 is 0 Å². The number of hydrogen-bond acceptors (Lipinski definition) is 3.